The second-order valence-corrected chi connectivity index (χ2v) is 6.44. The minimum atomic E-state index is -0.507. The van der Waals surface area contributed by atoms with Gasteiger partial charge in [0.15, 0.2) is 6.61 Å². The van der Waals surface area contributed by atoms with Crippen molar-refractivity contribution in [2.45, 2.75) is 19.3 Å². The van der Waals surface area contributed by atoms with Crippen molar-refractivity contribution in [3.63, 3.8) is 0 Å². The van der Waals surface area contributed by atoms with Crippen molar-refractivity contribution in [1.29, 1.82) is 5.26 Å². The summed E-state index contributed by atoms with van der Waals surface area (Å²) in [6.45, 7) is 1.53. The monoisotopic (exact) mass is 380 g/mol. The third-order valence-corrected chi connectivity index (χ3v) is 4.53. The van der Waals surface area contributed by atoms with Gasteiger partial charge in [-0.15, -0.1) is 0 Å². The fourth-order valence-electron chi connectivity index (χ4n) is 3.21. The van der Waals surface area contributed by atoms with E-state index in [4.69, 9.17) is 10.00 Å². The number of nitro groups is 1. The van der Waals surface area contributed by atoms with Gasteiger partial charge in [0.2, 0.25) is 0 Å². The predicted molar refractivity (Wildman–Crippen MR) is 105 cm³/mol. The summed E-state index contributed by atoms with van der Waals surface area (Å²) < 4.78 is 5.24. The average Bonchev–Trinajstić information content (AvgIpc) is 2.72. The molecule has 0 saturated carbocycles. The van der Waals surface area contributed by atoms with Crippen LogP contribution in [-0.2, 0) is 0 Å². The number of carbonyl (C=O) groups is 1. The van der Waals surface area contributed by atoms with E-state index in [1.807, 2.05) is 6.07 Å². The molecule has 3 rings (SSSR count). The van der Waals surface area contributed by atoms with Crippen molar-refractivity contribution in [3.8, 4) is 11.8 Å². The van der Waals surface area contributed by atoms with Gasteiger partial charge in [-0.05, 0) is 37.5 Å². The number of nitrogens with one attached hydrogen (secondary N) is 1. The molecule has 1 amide bonds. The molecule has 0 aliphatic carbocycles. The Bertz CT molecular complexity index is 917. The third-order valence-electron chi connectivity index (χ3n) is 4.53. The lowest BCUT2D eigenvalue weighted by Crippen LogP contribution is -2.31. The van der Waals surface area contributed by atoms with E-state index in [1.165, 1.54) is 12.1 Å². The van der Waals surface area contributed by atoms with Crippen LogP contribution in [0.25, 0.3) is 0 Å². The van der Waals surface area contributed by atoms with Crippen molar-refractivity contribution in [1.82, 2.24) is 0 Å². The summed E-state index contributed by atoms with van der Waals surface area (Å²) in [6.07, 6.45) is 3.19. The molecule has 0 aromatic heterocycles. The fourth-order valence-corrected chi connectivity index (χ4v) is 3.21. The van der Waals surface area contributed by atoms with Crippen LogP contribution < -0.4 is 15.0 Å². The fraction of sp³-hybridized carbons (Fsp3) is 0.300. The lowest BCUT2D eigenvalue weighted by Gasteiger charge is -2.30. The van der Waals surface area contributed by atoms with Gasteiger partial charge in [-0.3, -0.25) is 14.9 Å². The summed E-state index contributed by atoms with van der Waals surface area (Å²) in [5, 5.41) is 22.6. The maximum Gasteiger partial charge on any atom is 0.270 e. The van der Waals surface area contributed by atoms with E-state index in [1.54, 1.807) is 30.3 Å². The van der Waals surface area contributed by atoms with Gasteiger partial charge in [0.25, 0.3) is 11.6 Å². The lowest BCUT2D eigenvalue weighted by atomic mass is 10.1. The van der Waals surface area contributed by atoms with E-state index in [9.17, 15) is 14.9 Å². The first-order valence-corrected chi connectivity index (χ1v) is 9.03. The number of carbonyl (C=O) groups excluding carboxylic acids is 1. The van der Waals surface area contributed by atoms with Crippen molar-refractivity contribution >= 4 is 23.0 Å². The third kappa shape index (κ3) is 4.57. The van der Waals surface area contributed by atoms with Crippen LogP contribution in [-0.4, -0.2) is 30.5 Å². The Kier molecular flexibility index (Phi) is 6.07. The first-order chi connectivity index (χ1) is 13.6. The molecule has 144 valence electrons. The Morgan fingerprint density at radius 3 is 2.71 bits per heavy atom. The van der Waals surface area contributed by atoms with Crippen LogP contribution >= 0.6 is 0 Å². The Morgan fingerprint density at radius 1 is 1.21 bits per heavy atom. The second kappa shape index (κ2) is 8.86. The number of hydrogen-bond acceptors (Lipinski definition) is 6. The number of anilines is 2. The quantitative estimate of drug-likeness (QED) is 0.604. The highest BCUT2D eigenvalue weighted by molar-refractivity contribution is 6.08. The summed E-state index contributed by atoms with van der Waals surface area (Å²) in [6, 6.07) is 12.9. The average molecular weight is 380 g/mol. The zero-order valence-electron chi connectivity index (χ0n) is 15.3. The lowest BCUT2D eigenvalue weighted by molar-refractivity contribution is -0.384. The number of nitriles is 1. The molecule has 1 N–H and O–H groups in total. The standard InChI is InChI=1S/C20H20N4O4/c21-9-12-28-17-6-4-5-15(13-17)22-20(25)18-14-16(24(26)27)7-8-19(18)23-10-2-1-3-11-23/h4-8,13-14H,1-3,10-12H2,(H,22,25). The summed E-state index contributed by atoms with van der Waals surface area (Å²) in [4.78, 5) is 25.7. The molecule has 1 fully saturated rings. The van der Waals surface area contributed by atoms with E-state index in [2.05, 4.69) is 10.2 Å². The SMILES string of the molecule is N#CCOc1cccc(NC(=O)c2cc([N+](=O)[O-])ccc2N2CCCCC2)c1. The predicted octanol–water partition coefficient (Wildman–Crippen LogP) is 3.74. The Labute approximate surface area is 162 Å². The number of amides is 1. The van der Waals surface area contributed by atoms with Crippen LogP contribution in [0, 0.1) is 21.4 Å². The molecule has 8 nitrogen and oxygen atoms in total. The maximum absolute atomic E-state index is 12.9. The Hall–Kier alpha value is -3.60. The molecule has 2 aromatic carbocycles. The van der Waals surface area contributed by atoms with E-state index >= 15 is 0 Å². The van der Waals surface area contributed by atoms with E-state index in [0.717, 1.165) is 32.4 Å². The maximum atomic E-state index is 12.9. The van der Waals surface area contributed by atoms with Crippen LogP contribution in [0.5, 0.6) is 5.75 Å². The van der Waals surface area contributed by atoms with Crippen molar-refractivity contribution in [2.75, 3.05) is 29.9 Å². The molecule has 1 saturated heterocycles. The van der Waals surface area contributed by atoms with Gasteiger partial charge in [0.1, 0.15) is 11.8 Å². The number of non-ortho nitro benzene ring substituents is 1. The van der Waals surface area contributed by atoms with Gasteiger partial charge in [0.05, 0.1) is 16.2 Å². The normalized spacial score (nSPS) is 13.5. The van der Waals surface area contributed by atoms with Crippen LogP contribution in [0.3, 0.4) is 0 Å². The van der Waals surface area contributed by atoms with Gasteiger partial charge >= 0.3 is 0 Å². The van der Waals surface area contributed by atoms with Gasteiger partial charge < -0.3 is 15.0 Å². The van der Waals surface area contributed by atoms with Crippen LogP contribution in [0.15, 0.2) is 42.5 Å². The molecule has 8 heteroatoms. The summed E-state index contributed by atoms with van der Waals surface area (Å²) >= 11 is 0. The molecule has 0 spiro atoms. The van der Waals surface area contributed by atoms with Crippen LogP contribution in [0.4, 0.5) is 17.1 Å². The number of piperidine rings is 1. The topological polar surface area (TPSA) is 108 Å². The zero-order chi connectivity index (χ0) is 19.9. The van der Waals surface area contributed by atoms with Crippen LogP contribution in [0.2, 0.25) is 0 Å². The van der Waals surface area contributed by atoms with Crippen LogP contribution in [0.1, 0.15) is 29.6 Å². The minimum Gasteiger partial charge on any atom is -0.479 e. The zero-order valence-corrected chi connectivity index (χ0v) is 15.3. The Balaban J connectivity index is 1.88. The molecule has 28 heavy (non-hydrogen) atoms. The largest absolute Gasteiger partial charge is 0.479 e. The Morgan fingerprint density at radius 2 is 2.00 bits per heavy atom. The smallest absolute Gasteiger partial charge is 0.270 e. The first-order valence-electron chi connectivity index (χ1n) is 9.03. The number of ether oxygens (including phenoxy) is 1. The number of nitro benzene ring substituents is 1. The summed E-state index contributed by atoms with van der Waals surface area (Å²) in [5.41, 5.74) is 1.31. The minimum absolute atomic E-state index is 0.0958. The molecular weight excluding hydrogens is 360 g/mol. The highest BCUT2D eigenvalue weighted by Gasteiger charge is 2.22. The highest BCUT2D eigenvalue weighted by atomic mass is 16.6. The van der Waals surface area contributed by atoms with Gasteiger partial charge in [0, 0.05) is 37.0 Å². The summed E-state index contributed by atoms with van der Waals surface area (Å²) in [7, 11) is 0. The van der Waals surface area contributed by atoms with E-state index in [-0.39, 0.29) is 17.9 Å². The van der Waals surface area contributed by atoms with Gasteiger partial charge in [-0.2, -0.15) is 5.26 Å². The number of rotatable bonds is 6. The number of benzene rings is 2. The molecule has 2 aromatic rings. The molecule has 1 aliphatic heterocycles. The summed E-state index contributed by atoms with van der Waals surface area (Å²) in [5.74, 6) is 0.0244. The molecule has 0 bridgehead atoms. The van der Waals surface area contributed by atoms with E-state index < -0.39 is 10.8 Å². The molecule has 1 heterocycles. The van der Waals surface area contributed by atoms with Crippen molar-refractivity contribution < 1.29 is 14.5 Å². The first kappa shape index (κ1) is 19.2. The highest BCUT2D eigenvalue weighted by Crippen LogP contribution is 2.29. The number of hydrogen-bond donors (Lipinski definition) is 1. The molecule has 0 atom stereocenters. The molecule has 1 aliphatic rings. The van der Waals surface area contributed by atoms with Gasteiger partial charge in [-0.1, -0.05) is 6.07 Å². The van der Waals surface area contributed by atoms with E-state index in [0.29, 0.717) is 17.1 Å². The molecule has 0 unspecified atom stereocenters. The number of nitrogens with zero attached hydrogens (tertiary/aromatic N) is 3. The van der Waals surface area contributed by atoms with Crippen molar-refractivity contribution in [3.05, 3.63) is 58.1 Å². The molecular formula is C20H20N4O4. The van der Waals surface area contributed by atoms with Gasteiger partial charge in [-0.25, -0.2) is 0 Å². The second-order valence-electron chi connectivity index (χ2n) is 6.44. The van der Waals surface area contributed by atoms with Crippen molar-refractivity contribution in [2.24, 2.45) is 0 Å². The molecule has 0 radical (unpaired) electrons.